The molecule has 0 bridgehead atoms. The van der Waals surface area contributed by atoms with Crippen molar-refractivity contribution < 1.29 is 22.5 Å². The van der Waals surface area contributed by atoms with Crippen LogP contribution in [0, 0.1) is 18.8 Å². The van der Waals surface area contributed by atoms with E-state index in [4.69, 9.17) is 15.0 Å². The lowest BCUT2D eigenvalue weighted by Crippen LogP contribution is -2.44. The van der Waals surface area contributed by atoms with E-state index in [-0.39, 0.29) is 6.54 Å². The molecule has 9 nitrogen and oxygen atoms in total. The molecular formula is C23H29IN4O5S. The zero-order valence-electron chi connectivity index (χ0n) is 19.1. The first kappa shape index (κ1) is 28.0. The summed E-state index contributed by atoms with van der Waals surface area (Å²) in [6.07, 6.45) is 0.451. The molecule has 0 aliphatic carbocycles. The largest absolute Gasteiger partial charge is 0.494 e. The van der Waals surface area contributed by atoms with E-state index in [1.165, 1.54) is 0 Å². The number of carbonyl (C=O) groups excluding carboxylic acids is 1. The monoisotopic (exact) mass is 600 g/mol. The Labute approximate surface area is 214 Å². The molecule has 0 fully saturated rings. The third-order valence-electron chi connectivity index (χ3n) is 4.64. The first-order valence-corrected chi connectivity index (χ1v) is 13.2. The highest BCUT2D eigenvalue weighted by atomic mass is 127. The van der Waals surface area contributed by atoms with Gasteiger partial charge in [-0.25, -0.2) is 3.11 Å². The Hall–Kier alpha value is -2.24. The van der Waals surface area contributed by atoms with Gasteiger partial charge < -0.3 is 15.8 Å². The predicted octanol–water partition coefficient (Wildman–Crippen LogP) is 2.06. The van der Waals surface area contributed by atoms with Crippen LogP contribution in [0.5, 0.6) is 5.75 Å². The van der Waals surface area contributed by atoms with E-state index in [2.05, 4.69) is 55.0 Å². The number of carbonyl (C=O) groups is 1. The summed E-state index contributed by atoms with van der Waals surface area (Å²) in [4.78, 5) is 16.3. The van der Waals surface area contributed by atoms with Crippen LogP contribution in [0.4, 0.5) is 0 Å². The SMILES string of the molecule is CCN(I)Cc1cc(C#Cc2ccc(OCCCNC(=O)C(CN)S(=O)(=O)O)cc2)cc(C)n1. The summed E-state index contributed by atoms with van der Waals surface area (Å²) < 4.78 is 38.9. The van der Waals surface area contributed by atoms with Crippen LogP contribution >= 0.6 is 22.9 Å². The molecule has 2 rings (SSSR count). The van der Waals surface area contributed by atoms with Gasteiger partial charge in [-0.3, -0.25) is 14.3 Å². The maximum Gasteiger partial charge on any atom is 0.278 e. The van der Waals surface area contributed by atoms with Crippen LogP contribution in [0.3, 0.4) is 0 Å². The number of nitrogens with one attached hydrogen (secondary N) is 1. The van der Waals surface area contributed by atoms with Crippen molar-refractivity contribution in [3.8, 4) is 17.6 Å². The Balaban J connectivity index is 1.85. The number of nitrogens with zero attached hydrogens (tertiary/aromatic N) is 2. The van der Waals surface area contributed by atoms with Crippen molar-refractivity contribution in [1.29, 1.82) is 0 Å². The van der Waals surface area contributed by atoms with Gasteiger partial charge in [0.15, 0.2) is 5.25 Å². The number of aryl methyl sites for hydroxylation is 1. The quantitative estimate of drug-likeness (QED) is 0.117. The fraction of sp³-hybridized carbons (Fsp3) is 0.391. The predicted molar refractivity (Wildman–Crippen MR) is 139 cm³/mol. The smallest absolute Gasteiger partial charge is 0.278 e. The topological polar surface area (TPSA) is 135 Å². The van der Waals surface area contributed by atoms with Gasteiger partial charge in [0.1, 0.15) is 5.75 Å². The number of benzene rings is 1. The molecule has 1 aromatic heterocycles. The first-order chi connectivity index (χ1) is 16.1. The van der Waals surface area contributed by atoms with Crippen molar-refractivity contribution in [2.75, 3.05) is 26.2 Å². The molecule has 0 aliphatic rings. The standard InChI is InChI=1S/C23H29IN4O5S/c1-3-28(24)16-20-14-19(13-17(2)27-20)6-5-18-7-9-21(10-8-18)33-12-4-11-26-23(29)22(15-25)34(30,31)32/h7-10,13-14,22H,3-4,11-12,15-16,25H2,1-2H3,(H,26,29)(H,30,31,32). The van der Waals surface area contributed by atoms with Crippen LogP contribution < -0.4 is 15.8 Å². The van der Waals surface area contributed by atoms with E-state index in [9.17, 15) is 13.2 Å². The van der Waals surface area contributed by atoms with Crippen LogP contribution in [0.25, 0.3) is 0 Å². The molecule has 0 radical (unpaired) electrons. The number of hydrogen-bond donors (Lipinski definition) is 3. The molecule has 0 aliphatic heterocycles. The fourth-order valence-corrected chi connectivity index (χ4v) is 3.85. The molecule has 1 heterocycles. The lowest BCUT2D eigenvalue weighted by Gasteiger charge is -2.12. The number of hydrogen-bond acceptors (Lipinski definition) is 7. The molecule has 34 heavy (non-hydrogen) atoms. The van der Waals surface area contributed by atoms with Crippen molar-refractivity contribution in [3.05, 3.63) is 58.9 Å². The molecule has 1 unspecified atom stereocenters. The number of halogens is 1. The molecule has 184 valence electrons. The minimum absolute atomic E-state index is 0.190. The van der Waals surface area contributed by atoms with E-state index < -0.39 is 27.8 Å². The van der Waals surface area contributed by atoms with E-state index in [0.29, 0.717) is 18.8 Å². The Bertz CT molecular complexity index is 1130. The van der Waals surface area contributed by atoms with E-state index in [1.807, 2.05) is 43.3 Å². The fourth-order valence-electron chi connectivity index (χ4n) is 2.91. The van der Waals surface area contributed by atoms with Gasteiger partial charge in [-0.2, -0.15) is 8.42 Å². The first-order valence-electron chi connectivity index (χ1n) is 10.7. The maximum atomic E-state index is 11.8. The highest BCUT2D eigenvalue weighted by Crippen LogP contribution is 2.13. The van der Waals surface area contributed by atoms with Crippen molar-refractivity contribution in [2.45, 2.75) is 32.1 Å². The zero-order chi connectivity index (χ0) is 25.1. The summed E-state index contributed by atoms with van der Waals surface area (Å²) in [6, 6.07) is 11.3. The summed E-state index contributed by atoms with van der Waals surface area (Å²) in [7, 11) is -4.52. The van der Waals surface area contributed by atoms with Crippen molar-refractivity contribution in [1.82, 2.24) is 13.4 Å². The van der Waals surface area contributed by atoms with Gasteiger partial charge in [-0.15, -0.1) is 0 Å². The molecule has 1 aromatic carbocycles. The summed E-state index contributed by atoms with van der Waals surface area (Å²) in [5.74, 6) is 6.16. The van der Waals surface area contributed by atoms with E-state index in [1.54, 1.807) is 0 Å². The van der Waals surface area contributed by atoms with Gasteiger partial charge in [0.2, 0.25) is 5.91 Å². The Kier molecular flexibility index (Phi) is 11.2. The molecule has 0 saturated carbocycles. The Morgan fingerprint density at radius 2 is 1.94 bits per heavy atom. The van der Waals surface area contributed by atoms with Gasteiger partial charge >= 0.3 is 0 Å². The summed E-state index contributed by atoms with van der Waals surface area (Å²) >= 11 is 2.28. The van der Waals surface area contributed by atoms with Crippen LogP contribution in [-0.2, 0) is 21.5 Å². The molecule has 11 heteroatoms. The third kappa shape index (κ3) is 9.55. The minimum atomic E-state index is -4.52. The van der Waals surface area contributed by atoms with Crippen molar-refractivity contribution >= 4 is 38.9 Å². The molecular weight excluding hydrogens is 571 g/mol. The summed E-state index contributed by atoms with van der Waals surface area (Å²) in [5, 5.41) is 0.761. The number of nitrogens with two attached hydrogens (primary N) is 1. The van der Waals surface area contributed by atoms with Gasteiger partial charge in [0.05, 0.1) is 18.8 Å². The van der Waals surface area contributed by atoms with Gasteiger partial charge in [-0.1, -0.05) is 18.8 Å². The van der Waals surface area contributed by atoms with Crippen LogP contribution in [0.15, 0.2) is 36.4 Å². The second-order valence-corrected chi connectivity index (χ2v) is 10.4. The van der Waals surface area contributed by atoms with Crippen molar-refractivity contribution in [3.63, 3.8) is 0 Å². The highest BCUT2D eigenvalue weighted by molar-refractivity contribution is 14.1. The third-order valence-corrected chi connectivity index (χ3v) is 6.79. The van der Waals surface area contributed by atoms with Crippen molar-refractivity contribution in [2.24, 2.45) is 5.73 Å². The molecule has 2 aromatic rings. The average Bonchev–Trinajstić information content (AvgIpc) is 2.77. The zero-order valence-corrected chi connectivity index (χ0v) is 22.1. The minimum Gasteiger partial charge on any atom is -0.494 e. The van der Waals surface area contributed by atoms with Crippen LogP contribution in [-0.4, -0.2) is 58.5 Å². The summed E-state index contributed by atoms with van der Waals surface area (Å²) in [5.41, 5.74) is 8.90. The number of rotatable bonds is 11. The highest BCUT2D eigenvalue weighted by Gasteiger charge is 2.29. The second kappa shape index (κ2) is 13.6. The lowest BCUT2D eigenvalue weighted by molar-refractivity contribution is -0.120. The Morgan fingerprint density at radius 1 is 1.26 bits per heavy atom. The van der Waals surface area contributed by atoms with Gasteiger partial charge in [0.25, 0.3) is 10.1 Å². The number of amides is 1. The Morgan fingerprint density at radius 3 is 2.56 bits per heavy atom. The number of ether oxygens (including phenoxy) is 1. The molecule has 1 amide bonds. The average molecular weight is 600 g/mol. The number of aromatic nitrogens is 1. The lowest BCUT2D eigenvalue weighted by atomic mass is 10.1. The molecule has 1 atom stereocenters. The van der Waals surface area contributed by atoms with Gasteiger partial charge in [0, 0.05) is 59.3 Å². The van der Waals surface area contributed by atoms with E-state index in [0.717, 1.165) is 35.6 Å². The maximum absolute atomic E-state index is 11.8. The van der Waals surface area contributed by atoms with Crippen LogP contribution in [0.1, 0.15) is 35.9 Å². The normalized spacial score (nSPS) is 12.1. The molecule has 0 saturated heterocycles. The van der Waals surface area contributed by atoms with E-state index >= 15 is 0 Å². The second-order valence-electron chi connectivity index (χ2n) is 7.43. The molecule has 4 N–H and O–H groups in total. The van der Waals surface area contributed by atoms with Gasteiger partial charge in [-0.05, 0) is 49.7 Å². The molecule has 0 spiro atoms. The summed E-state index contributed by atoms with van der Waals surface area (Å²) in [6.45, 7) is 5.76. The number of pyridine rings is 1. The van der Waals surface area contributed by atoms with Crippen LogP contribution in [0.2, 0.25) is 0 Å².